The first-order chi connectivity index (χ1) is 8.14. The highest BCUT2D eigenvalue weighted by atomic mass is 16.2. The van der Waals surface area contributed by atoms with Gasteiger partial charge in [0.15, 0.2) is 0 Å². The molecule has 2 nitrogen and oxygen atoms in total. The summed E-state index contributed by atoms with van der Waals surface area (Å²) in [4.78, 5) is 14.8. The number of hydrogen-bond acceptors (Lipinski definition) is 1. The molecule has 3 fully saturated rings. The number of rotatable bonds is 2. The van der Waals surface area contributed by atoms with Crippen molar-refractivity contribution < 1.29 is 4.79 Å². The Hall–Kier alpha value is -0.530. The van der Waals surface area contributed by atoms with Crippen LogP contribution in [0.1, 0.15) is 71.1 Å². The van der Waals surface area contributed by atoms with Gasteiger partial charge < -0.3 is 4.90 Å². The normalized spacial score (nSPS) is 29.6. The lowest BCUT2D eigenvalue weighted by Crippen LogP contribution is -2.52. The molecule has 3 aliphatic rings. The first kappa shape index (κ1) is 11.6. The average molecular weight is 235 g/mol. The number of amides is 1. The molecule has 0 aromatic heterocycles. The van der Waals surface area contributed by atoms with E-state index < -0.39 is 0 Å². The van der Waals surface area contributed by atoms with Gasteiger partial charge in [-0.2, -0.15) is 0 Å². The largest absolute Gasteiger partial charge is 0.337 e. The fraction of sp³-hybridized carbons (Fsp3) is 0.933. The minimum atomic E-state index is 0.324. The standard InChI is InChI=1S/C15H25NO/c1-14(6-2-3-7-14)12-13(17)16-11-5-10-15(16)8-4-9-15/h2-12H2,1H3. The summed E-state index contributed by atoms with van der Waals surface area (Å²) in [6, 6.07) is 0. The van der Waals surface area contributed by atoms with Gasteiger partial charge in [-0.15, -0.1) is 0 Å². The van der Waals surface area contributed by atoms with Crippen LogP contribution in [0.2, 0.25) is 0 Å². The van der Waals surface area contributed by atoms with Crippen molar-refractivity contribution in [3.05, 3.63) is 0 Å². The minimum absolute atomic E-state index is 0.324. The average Bonchev–Trinajstić information content (AvgIpc) is 2.82. The SMILES string of the molecule is CC1(CC(=O)N2CCCC23CCC3)CCCC1. The third-order valence-corrected chi connectivity index (χ3v) is 5.57. The summed E-state index contributed by atoms with van der Waals surface area (Å²) in [5, 5.41) is 0. The summed E-state index contributed by atoms with van der Waals surface area (Å²) in [6.45, 7) is 3.36. The number of hydrogen-bond donors (Lipinski definition) is 0. The predicted molar refractivity (Wildman–Crippen MR) is 68.7 cm³/mol. The topological polar surface area (TPSA) is 20.3 Å². The van der Waals surface area contributed by atoms with Crippen molar-refractivity contribution in [2.75, 3.05) is 6.54 Å². The quantitative estimate of drug-likeness (QED) is 0.717. The Morgan fingerprint density at radius 2 is 1.65 bits per heavy atom. The smallest absolute Gasteiger partial charge is 0.223 e. The van der Waals surface area contributed by atoms with Crippen molar-refractivity contribution in [1.82, 2.24) is 4.90 Å². The van der Waals surface area contributed by atoms with Gasteiger partial charge >= 0.3 is 0 Å². The molecule has 0 aromatic rings. The maximum Gasteiger partial charge on any atom is 0.223 e. The zero-order valence-corrected chi connectivity index (χ0v) is 11.1. The molecule has 0 radical (unpaired) electrons. The molecule has 0 unspecified atom stereocenters. The number of carbonyl (C=O) groups excluding carboxylic acids is 1. The summed E-state index contributed by atoms with van der Waals surface area (Å²) in [6.07, 6.45) is 12.4. The Balaban J connectivity index is 1.66. The summed E-state index contributed by atoms with van der Waals surface area (Å²) < 4.78 is 0. The minimum Gasteiger partial charge on any atom is -0.337 e. The van der Waals surface area contributed by atoms with E-state index in [1.807, 2.05) is 0 Å². The molecule has 0 N–H and O–H groups in total. The van der Waals surface area contributed by atoms with Crippen LogP contribution in [0.4, 0.5) is 0 Å². The molecule has 3 rings (SSSR count). The van der Waals surface area contributed by atoms with Crippen LogP contribution in [-0.2, 0) is 4.79 Å². The van der Waals surface area contributed by atoms with Crippen LogP contribution in [0.3, 0.4) is 0 Å². The van der Waals surface area contributed by atoms with Gasteiger partial charge in [-0.25, -0.2) is 0 Å². The Morgan fingerprint density at radius 1 is 1.00 bits per heavy atom. The fourth-order valence-corrected chi connectivity index (χ4v) is 4.30. The molecule has 1 amide bonds. The van der Waals surface area contributed by atoms with Crippen LogP contribution in [0, 0.1) is 5.41 Å². The molecular weight excluding hydrogens is 210 g/mol. The van der Waals surface area contributed by atoms with Gasteiger partial charge in [0.1, 0.15) is 0 Å². The van der Waals surface area contributed by atoms with E-state index in [0.29, 0.717) is 16.9 Å². The molecule has 2 saturated carbocycles. The summed E-state index contributed by atoms with van der Waals surface area (Å²) in [5.41, 5.74) is 0.649. The molecule has 0 aromatic carbocycles. The van der Waals surface area contributed by atoms with Crippen LogP contribution in [0.25, 0.3) is 0 Å². The number of nitrogens with zero attached hydrogens (tertiary/aromatic N) is 1. The van der Waals surface area contributed by atoms with E-state index in [-0.39, 0.29) is 0 Å². The highest BCUT2D eigenvalue weighted by Gasteiger charge is 2.48. The fourth-order valence-electron chi connectivity index (χ4n) is 4.30. The Morgan fingerprint density at radius 3 is 2.24 bits per heavy atom. The molecule has 1 saturated heterocycles. The molecule has 96 valence electrons. The summed E-state index contributed by atoms with van der Waals surface area (Å²) in [7, 11) is 0. The monoisotopic (exact) mass is 235 g/mol. The molecule has 17 heavy (non-hydrogen) atoms. The van der Waals surface area contributed by atoms with Crippen molar-refractivity contribution in [1.29, 1.82) is 0 Å². The molecule has 1 heterocycles. The number of likely N-dealkylation sites (tertiary alicyclic amines) is 1. The second-order valence-corrected chi connectivity index (χ2v) is 6.92. The zero-order chi connectivity index (χ0) is 11.9. The van der Waals surface area contributed by atoms with E-state index in [1.54, 1.807) is 0 Å². The molecule has 2 heteroatoms. The van der Waals surface area contributed by atoms with Gasteiger partial charge in [-0.3, -0.25) is 4.79 Å². The molecule has 2 aliphatic carbocycles. The van der Waals surface area contributed by atoms with E-state index in [9.17, 15) is 4.79 Å². The Bertz CT molecular complexity index is 313. The van der Waals surface area contributed by atoms with Crippen molar-refractivity contribution in [3.8, 4) is 0 Å². The third-order valence-electron chi connectivity index (χ3n) is 5.57. The van der Waals surface area contributed by atoms with Gasteiger partial charge in [0, 0.05) is 18.5 Å². The Labute approximate surface area is 105 Å². The summed E-state index contributed by atoms with van der Waals surface area (Å²) in [5.74, 6) is 0.464. The van der Waals surface area contributed by atoms with Crippen molar-refractivity contribution in [2.24, 2.45) is 5.41 Å². The van der Waals surface area contributed by atoms with Crippen molar-refractivity contribution >= 4 is 5.91 Å². The lowest BCUT2D eigenvalue weighted by atomic mass is 9.74. The van der Waals surface area contributed by atoms with E-state index in [1.165, 1.54) is 57.8 Å². The summed E-state index contributed by atoms with van der Waals surface area (Å²) >= 11 is 0. The molecule has 1 aliphatic heterocycles. The zero-order valence-electron chi connectivity index (χ0n) is 11.1. The highest BCUT2D eigenvalue weighted by Crippen LogP contribution is 2.47. The Kier molecular flexibility index (Phi) is 2.72. The van der Waals surface area contributed by atoms with Crippen molar-refractivity contribution in [2.45, 2.75) is 76.7 Å². The van der Waals surface area contributed by atoms with E-state index >= 15 is 0 Å². The van der Waals surface area contributed by atoms with Gasteiger partial charge in [0.25, 0.3) is 0 Å². The van der Waals surface area contributed by atoms with E-state index in [4.69, 9.17) is 0 Å². The van der Waals surface area contributed by atoms with Crippen LogP contribution < -0.4 is 0 Å². The molecule has 1 spiro atoms. The highest BCUT2D eigenvalue weighted by molar-refractivity contribution is 5.78. The van der Waals surface area contributed by atoms with E-state index in [0.717, 1.165) is 13.0 Å². The van der Waals surface area contributed by atoms with Gasteiger partial charge in [-0.05, 0) is 50.4 Å². The second-order valence-electron chi connectivity index (χ2n) is 6.92. The van der Waals surface area contributed by atoms with Crippen LogP contribution in [0.15, 0.2) is 0 Å². The van der Waals surface area contributed by atoms with Crippen LogP contribution >= 0.6 is 0 Å². The first-order valence-corrected chi connectivity index (χ1v) is 7.44. The van der Waals surface area contributed by atoms with Crippen molar-refractivity contribution in [3.63, 3.8) is 0 Å². The van der Waals surface area contributed by atoms with Crippen LogP contribution in [0.5, 0.6) is 0 Å². The maximum atomic E-state index is 12.5. The second kappa shape index (κ2) is 4.00. The van der Waals surface area contributed by atoms with Crippen LogP contribution in [-0.4, -0.2) is 22.9 Å². The molecule has 0 atom stereocenters. The van der Waals surface area contributed by atoms with Gasteiger partial charge in [0.05, 0.1) is 0 Å². The molecular formula is C15H25NO. The number of carbonyl (C=O) groups is 1. The lowest BCUT2D eigenvalue weighted by molar-refractivity contribution is -0.140. The first-order valence-electron chi connectivity index (χ1n) is 7.44. The van der Waals surface area contributed by atoms with Gasteiger partial charge in [-0.1, -0.05) is 19.8 Å². The molecule has 0 bridgehead atoms. The third kappa shape index (κ3) is 1.90. The maximum absolute atomic E-state index is 12.5. The lowest BCUT2D eigenvalue weighted by Gasteiger charge is -2.46. The predicted octanol–water partition coefficient (Wildman–Crippen LogP) is 3.50. The van der Waals surface area contributed by atoms with E-state index in [2.05, 4.69) is 11.8 Å². The van der Waals surface area contributed by atoms with Gasteiger partial charge in [0.2, 0.25) is 5.91 Å².